The summed E-state index contributed by atoms with van der Waals surface area (Å²) < 4.78 is 0. The number of nitrogens with two attached hydrogens (primary N) is 1. The summed E-state index contributed by atoms with van der Waals surface area (Å²) in [7, 11) is 0. The highest BCUT2D eigenvalue weighted by molar-refractivity contribution is 5.40. The molecule has 0 aromatic heterocycles. The Hall–Kier alpha value is -0.820. The van der Waals surface area contributed by atoms with Gasteiger partial charge in [-0.05, 0) is 61.8 Å². The molecule has 17 heavy (non-hydrogen) atoms. The van der Waals surface area contributed by atoms with E-state index in [1.807, 2.05) is 0 Å². The lowest BCUT2D eigenvalue weighted by Gasteiger charge is -2.38. The van der Waals surface area contributed by atoms with Crippen LogP contribution in [0.1, 0.15) is 54.9 Å². The van der Waals surface area contributed by atoms with Gasteiger partial charge in [0.1, 0.15) is 0 Å². The van der Waals surface area contributed by atoms with E-state index in [9.17, 15) is 0 Å². The molecule has 2 atom stereocenters. The quantitative estimate of drug-likeness (QED) is 0.777. The predicted molar refractivity (Wildman–Crippen MR) is 74.2 cm³/mol. The van der Waals surface area contributed by atoms with Crippen LogP contribution in [0.15, 0.2) is 12.1 Å². The summed E-state index contributed by atoms with van der Waals surface area (Å²) >= 11 is 0. The standard InChI is InChI=1S/C16H25N/c1-11-6-5-7-16(17,10-11)15-9-13(3)12(2)8-14(15)4/h8-9,11H,5-7,10,17H2,1-4H3. The monoisotopic (exact) mass is 231 g/mol. The molecule has 1 nitrogen and oxygen atoms in total. The molecule has 0 spiro atoms. The van der Waals surface area contributed by atoms with E-state index in [1.54, 1.807) is 0 Å². The minimum Gasteiger partial charge on any atom is -0.321 e. The maximum Gasteiger partial charge on any atom is 0.0414 e. The summed E-state index contributed by atoms with van der Waals surface area (Å²) in [4.78, 5) is 0. The molecule has 0 heterocycles. The number of hydrogen-bond donors (Lipinski definition) is 1. The summed E-state index contributed by atoms with van der Waals surface area (Å²) in [5.41, 5.74) is 12.1. The van der Waals surface area contributed by atoms with E-state index in [2.05, 4.69) is 39.8 Å². The average molecular weight is 231 g/mol. The first-order valence-electron chi connectivity index (χ1n) is 6.79. The number of aryl methyl sites for hydroxylation is 3. The fourth-order valence-corrected chi connectivity index (χ4v) is 3.33. The highest BCUT2D eigenvalue weighted by Crippen LogP contribution is 2.39. The molecular formula is C16H25N. The predicted octanol–water partition coefficient (Wildman–Crippen LogP) is 3.98. The molecule has 1 aromatic carbocycles. The summed E-state index contributed by atoms with van der Waals surface area (Å²) in [6.07, 6.45) is 4.88. The van der Waals surface area contributed by atoms with E-state index in [0.717, 1.165) is 18.8 Å². The third kappa shape index (κ3) is 2.40. The van der Waals surface area contributed by atoms with Crippen molar-refractivity contribution in [1.29, 1.82) is 0 Å². The molecule has 1 aromatic rings. The van der Waals surface area contributed by atoms with Gasteiger partial charge in [0.05, 0.1) is 0 Å². The van der Waals surface area contributed by atoms with Crippen molar-refractivity contribution in [2.24, 2.45) is 11.7 Å². The van der Waals surface area contributed by atoms with Gasteiger partial charge in [0.2, 0.25) is 0 Å². The van der Waals surface area contributed by atoms with Crippen LogP contribution in [0, 0.1) is 26.7 Å². The molecule has 94 valence electrons. The van der Waals surface area contributed by atoms with E-state index in [-0.39, 0.29) is 5.54 Å². The van der Waals surface area contributed by atoms with Crippen LogP contribution in [0.3, 0.4) is 0 Å². The van der Waals surface area contributed by atoms with Gasteiger partial charge >= 0.3 is 0 Å². The normalized spacial score (nSPS) is 29.4. The zero-order valence-corrected chi connectivity index (χ0v) is 11.6. The van der Waals surface area contributed by atoms with Gasteiger partial charge in [-0.15, -0.1) is 0 Å². The fraction of sp³-hybridized carbons (Fsp3) is 0.625. The molecule has 1 aliphatic carbocycles. The van der Waals surface area contributed by atoms with Crippen molar-refractivity contribution in [3.8, 4) is 0 Å². The van der Waals surface area contributed by atoms with Crippen molar-refractivity contribution < 1.29 is 0 Å². The number of rotatable bonds is 1. The second-order valence-electron chi connectivity index (χ2n) is 6.11. The van der Waals surface area contributed by atoms with Gasteiger partial charge in [-0.1, -0.05) is 31.9 Å². The van der Waals surface area contributed by atoms with Gasteiger partial charge in [-0.3, -0.25) is 0 Å². The molecule has 2 rings (SSSR count). The molecule has 1 saturated carbocycles. The minimum absolute atomic E-state index is 0.0831. The van der Waals surface area contributed by atoms with Crippen molar-refractivity contribution in [3.05, 3.63) is 34.4 Å². The largest absolute Gasteiger partial charge is 0.321 e. The second kappa shape index (κ2) is 4.45. The lowest BCUT2D eigenvalue weighted by molar-refractivity contribution is 0.238. The van der Waals surface area contributed by atoms with E-state index < -0.39 is 0 Å². The van der Waals surface area contributed by atoms with Crippen LogP contribution < -0.4 is 5.73 Å². The Labute approximate surface area is 105 Å². The Morgan fingerprint density at radius 1 is 1.12 bits per heavy atom. The molecule has 0 saturated heterocycles. The molecule has 1 heteroatoms. The van der Waals surface area contributed by atoms with Gasteiger partial charge in [0.15, 0.2) is 0 Å². The molecule has 2 unspecified atom stereocenters. The van der Waals surface area contributed by atoms with Crippen LogP contribution in [0.5, 0.6) is 0 Å². The average Bonchev–Trinajstić information content (AvgIpc) is 2.23. The lowest BCUT2D eigenvalue weighted by Crippen LogP contribution is -2.41. The van der Waals surface area contributed by atoms with Gasteiger partial charge < -0.3 is 5.73 Å². The smallest absolute Gasteiger partial charge is 0.0414 e. The van der Waals surface area contributed by atoms with E-state index in [0.29, 0.717) is 0 Å². The summed E-state index contributed by atoms with van der Waals surface area (Å²) in [5.74, 6) is 0.759. The third-order valence-electron chi connectivity index (χ3n) is 4.41. The SMILES string of the molecule is Cc1cc(C)c(C2(N)CCCC(C)C2)cc1C. The summed E-state index contributed by atoms with van der Waals surface area (Å²) in [6.45, 7) is 8.90. The lowest BCUT2D eigenvalue weighted by atomic mass is 9.71. The second-order valence-corrected chi connectivity index (χ2v) is 6.11. The first-order chi connectivity index (χ1) is 7.92. The zero-order chi connectivity index (χ0) is 12.6. The molecule has 2 N–H and O–H groups in total. The Bertz CT molecular complexity index is 422. The molecule has 1 aliphatic rings. The van der Waals surface area contributed by atoms with Crippen LogP contribution in [0.25, 0.3) is 0 Å². The van der Waals surface area contributed by atoms with Gasteiger partial charge in [0, 0.05) is 5.54 Å². The molecule has 0 aliphatic heterocycles. The van der Waals surface area contributed by atoms with E-state index >= 15 is 0 Å². The van der Waals surface area contributed by atoms with Crippen LogP contribution in [-0.2, 0) is 5.54 Å². The van der Waals surface area contributed by atoms with Crippen LogP contribution >= 0.6 is 0 Å². The molecular weight excluding hydrogens is 206 g/mol. The number of hydrogen-bond acceptors (Lipinski definition) is 1. The Balaban J connectivity index is 2.41. The first-order valence-corrected chi connectivity index (χ1v) is 6.79. The maximum atomic E-state index is 6.69. The van der Waals surface area contributed by atoms with Crippen molar-refractivity contribution in [2.75, 3.05) is 0 Å². The fourth-order valence-electron chi connectivity index (χ4n) is 3.33. The Morgan fingerprint density at radius 3 is 2.41 bits per heavy atom. The van der Waals surface area contributed by atoms with Gasteiger partial charge in [0.25, 0.3) is 0 Å². The maximum absolute atomic E-state index is 6.69. The molecule has 1 fully saturated rings. The van der Waals surface area contributed by atoms with Crippen molar-refractivity contribution >= 4 is 0 Å². The first kappa shape index (κ1) is 12.6. The van der Waals surface area contributed by atoms with Crippen molar-refractivity contribution in [1.82, 2.24) is 0 Å². The zero-order valence-electron chi connectivity index (χ0n) is 11.6. The molecule has 0 bridgehead atoms. The third-order valence-corrected chi connectivity index (χ3v) is 4.41. The summed E-state index contributed by atoms with van der Waals surface area (Å²) in [5, 5.41) is 0. The summed E-state index contributed by atoms with van der Waals surface area (Å²) in [6, 6.07) is 4.61. The number of benzene rings is 1. The van der Waals surface area contributed by atoms with Crippen LogP contribution in [0.2, 0.25) is 0 Å². The highest BCUT2D eigenvalue weighted by Gasteiger charge is 2.33. The van der Waals surface area contributed by atoms with Crippen LogP contribution in [0.4, 0.5) is 0 Å². The van der Waals surface area contributed by atoms with Crippen LogP contribution in [-0.4, -0.2) is 0 Å². The van der Waals surface area contributed by atoms with Gasteiger partial charge in [-0.25, -0.2) is 0 Å². The topological polar surface area (TPSA) is 26.0 Å². The van der Waals surface area contributed by atoms with Gasteiger partial charge in [-0.2, -0.15) is 0 Å². The highest BCUT2D eigenvalue weighted by atomic mass is 14.8. The Morgan fingerprint density at radius 2 is 1.76 bits per heavy atom. The molecule has 0 amide bonds. The minimum atomic E-state index is -0.0831. The van der Waals surface area contributed by atoms with E-state index in [4.69, 9.17) is 5.73 Å². The van der Waals surface area contributed by atoms with E-state index in [1.165, 1.54) is 35.1 Å². The van der Waals surface area contributed by atoms with Crippen molar-refractivity contribution in [2.45, 2.75) is 58.9 Å². The van der Waals surface area contributed by atoms with Crippen molar-refractivity contribution in [3.63, 3.8) is 0 Å². The Kier molecular flexibility index (Phi) is 3.31. The molecule has 0 radical (unpaired) electrons.